The number of methoxy groups -OCH3 is 1. The molecule has 0 amide bonds. The monoisotopic (exact) mass is 325 g/mol. The standard InChI is InChI=1S/C19H23N3O2/c1-23-19-8-7-16(14-20-21-18-5-3-2-4-6-18)13-17(19)15-22-9-11-24-12-10-22/h2-8,13-14,21H,9-12,15H2,1H3. The molecule has 1 fully saturated rings. The third-order valence-corrected chi connectivity index (χ3v) is 3.98. The number of para-hydroxylation sites is 1. The van der Waals surface area contributed by atoms with Crippen molar-refractivity contribution in [2.45, 2.75) is 6.54 Å². The Morgan fingerprint density at radius 1 is 1.17 bits per heavy atom. The van der Waals surface area contributed by atoms with Crippen LogP contribution >= 0.6 is 0 Å². The summed E-state index contributed by atoms with van der Waals surface area (Å²) in [6.07, 6.45) is 1.83. The van der Waals surface area contributed by atoms with Gasteiger partial charge >= 0.3 is 0 Å². The fourth-order valence-corrected chi connectivity index (χ4v) is 2.70. The van der Waals surface area contributed by atoms with Gasteiger partial charge in [-0.3, -0.25) is 10.3 Å². The molecule has 0 unspecified atom stereocenters. The van der Waals surface area contributed by atoms with Crippen LogP contribution in [-0.4, -0.2) is 44.5 Å². The largest absolute Gasteiger partial charge is 0.496 e. The molecule has 2 aromatic rings. The highest BCUT2D eigenvalue weighted by molar-refractivity contribution is 5.81. The topological polar surface area (TPSA) is 46.1 Å². The van der Waals surface area contributed by atoms with E-state index in [9.17, 15) is 0 Å². The number of rotatable bonds is 6. The number of ether oxygens (including phenoxy) is 2. The second-order valence-electron chi connectivity index (χ2n) is 5.70. The summed E-state index contributed by atoms with van der Waals surface area (Å²) in [6, 6.07) is 16.0. The van der Waals surface area contributed by atoms with Gasteiger partial charge in [0.1, 0.15) is 5.75 Å². The van der Waals surface area contributed by atoms with E-state index in [0.717, 1.165) is 49.8 Å². The Morgan fingerprint density at radius 2 is 1.96 bits per heavy atom. The molecule has 1 saturated heterocycles. The van der Waals surface area contributed by atoms with Crippen LogP contribution in [0.15, 0.2) is 53.6 Å². The van der Waals surface area contributed by atoms with Crippen LogP contribution < -0.4 is 10.2 Å². The van der Waals surface area contributed by atoms with Gasteiger partial charge in [0.05, 0.1) is 32.2 Å². The number of hydrazone groups is 1. The van der Waals surface area contributed by atoms with Crippen molar-refractivity contribution in [2.24, 2.45) is 5.10 Å². The molecule has 1 aliphatic heterocycles. The first kappa shape index (κ1) is 16.5. The van der Waals surface area contributed by atoms with Gasteiger partial charge in [0.2, 0.25) is 0 Å². The van der Waals surface area contributed by atoms with Gasteiger partial charge in [-0.05, 0) is 35.9 Å². The Balaban J connectivity index is 1.68. The fourth-order valence-electron chi connectivity index (χ4n) is 2.70. The van der Waals surface area contributed by atoms with Crippen LogP contribution in [0.2, 0.25) is 0 Å². The van der Waals surface area contributed by atoms with Gasteiger partial charge in [0.15, 0.2) is 0 Å². The first-order chi connectivity index (χ1) is 11.8. The summed E-state index contributed by atoms with van der Waals surface area (Å²) in [6.45, 7) is 4.36. The van der Waals surface area contributed by atoms with Crippen LogP contribution in [0.25, 0.3) is 0 Å². The molecule has 0 spiro atoms. The highest BCUT2D eigenvalue weighted by Crippen LogP contribution is 2.21. The number of benzene rings is 2. The molecule has 5 heteroatoms. The summed E-state index contributed by atoms with van der Waals surface area (Å²) < 4.78 is 10.9. The Morgan fingerprint density at radius 3 is 2.71 bits per heavy atom. The fraction of sp³-hybridized carbons (Fsp3) is 0.316. The lowest BCUT2D eigenvalue weighted by atomic mass is 10.1. The molecule has 0 bridgehead atoms. The van der Waals surface area contributed by atoms with E-state index >= 15 is 0 Å². The molecule has 1 N–H and O–H groups in total. The molecule has 1 aliphatic rings. The maximum Gasteiger partial charge on any atom is 0.123 e. The zero-order valence-corrected chi connectivity index (χ0v) is 13.9. The molecule has 0 saturated carbocycles. The zero-order valence-electron chi connectivity index (χ0n) is 13.9. The molecule has 3 rings (SSSR count). The average molecular weight is 325 g/mol. The van der Waals surface area contributed by atoms with Gasteiger partial charge < -0.3 is 9.47 Å². The number of morpholine rings is 1. The highest BCUT2D eigenvalue weighted by atomic mass is 16.5. The molecule has 24 heavy (non-hydrogen) atoms. The number of nitrogens with zero attached hydrogens (tertiary/aromatic N) is 2. The van der Waals surface area contributed by atoms with E-state index in [0.29, 0.717) is 0 Å². The normalized spacial score (nSPS) is 15.5. The second kappa shape index (κ2) is 8.47. The van der Waals surface area contributed by atoms with Crippen LogP contribution in [0, 0.1) is 0 Å². The van der Waals surface area contributed by atoms with Crippen LogP contribution in [0.3, 0.4) is 0 Å². The maximum absolute atomic E-state index is 5.50. The molecule has 5 nitrogen and oxygen atoms in total. The van der Waals surface area contributed by atoms with Crippen molar-refractivity contribution >= 4 is 11.9 Å². The summed E-state index contributed by atoms with van der Waals surface area (Å²) >= 11 is 0. The molecule has 0 aliphatic carbocycles. The molecule has 2 aromatic carbocycles. The molecule has 126 valence electrons. The van der Waals surface area contributed by atoms with E-state index in [2.05, 4.69) is 21.5 Å². The average Bonchev–Trinajstić information content (AvgIpc) is 2.64. The summed E-state index contributed by atoms with van der Waals surface area (Å²) in [5.41, 5.74) is 6.22. The van der Waals surface area contributed by atoms with E-state index in [1.165, 1.54) is 5.56 Å². The van der Waals surface area contributed by atoms with Gasteiger partial charge in [0.25, 0.3) is 0 Å². The minimum absolute atomic E-state index is 0.796. The lowest BCUT2D eigenvalue weighted by Gasteiger charge is -2.27. The second-order valence-corrected chi connectivity index (χ2v) is 5.70. The van der Waals surface area contributed by atoms with Gasteiger partial charge in [-0.1, -0.05) is 18.2 Å². The molecule has 1 heterocycles. The van der Waals surface area contributed by atoms with Crippen molar-refractivity contribution in [1.82, 2.24) is 4.90 Å². The Hall–Kier alpha value is -2.37. The van der Waals surface area contributed by atoms with Crippen LogP contribution in [0.1, 0.15) is 11.1 Å². The maximum atomic E-state index is 5.50. The number of hydrogen-bond donors (Lipinski definition) is 1. The summed E-state index contributed by atoms with van der Waals surface area (Å²) in [7, 11) is 1.71. The molecule has 0 aromatic heterocycles. The smallest absolute Gasteiger partial charge is 0.123 e. The van der Waals surface area contributed by atoms with Crippen molar-refractivity contribution in [3.63, 3.8) is 0 Å². The lowest BCUT2D eigenvalue weighted by molar-refractivity contribution is 0.0339. The van der Waals surface area contributed by atoms with Gasteiger partial charge in [-0.25, -0.2) is 0 Å². The predicted molar refractivity (Wildman–Crippen MR) is 96.7 cm³/mol. The molecule has 0 atom stereocenters. The number of anilines is 1. The van der Waals surface area contributed by atoms with Crippen molar-refractivity contribution < 1.29 is 9.47 Å². The Bertz CT molecular complexity index is 668. The zero-order chi connectivity index (χ0) is 16.6. The molecular weight excluding hydrogens is 302 g/mol. The van der Waals surface area contributed by atoms with Crippen LogP contribution in [0.4, 0.5) is 5.69 Å². The first-order valence-electron chi connectivity index (χ1n) is 8.16. The molecular formula is C19H23N3O2. The number of nitrogens with one attached hydrogen (secondary N) is 1. The minimum Gasteiger partial charge on any atom is -0.496 e. The SMILES string of the molecule is COc1ccc(C=NNc2ccccc2)cc1CN1CCOCC1. The highest BCUT2D eigenvalue weighted by Gasteiger charge is 2.13. The van der Waals surface area contributed by atoms with E-state index < -0.39 is 0 Å². The van der Waals surface area contributed by atoms with Crippen molar-refractivity contribution in [1.29, 1.82) is 0 Å². The third-order valence-electron chi connectivity index (χ3n) is 3.98. The Labute approximate surface area is 142 Å². The predicted octanol–water partition coefficient (Wildman–Crippen LogP) is 2.97. The third kappa shape index (κ3) is 4.57. The lowest BCUT2D eigenvalue weighted by Crippen LogP contribution is -2.35. The van der Waals surface area contributed by atoms with Crippen LogP contribution in [-0.2, 0) is 11.3 Å². The molecule has 0 radical (unpaired) electrons. The van der Waals surface area contributed by atoms with Gasteiger partial charge in [0, 0.05) is 25.2 Å². The van der Waals surface area contributed by atoms with E-state index in [4.69, 9.17) is 9.47 Å². The summed E-state index contributed by atoms with van der Waals surface area (Å²) in [5.74, 6) is 0.912. The van der Waals surface area contributed by atoms with E-state index in [-0.39, 0.29) is 0 Å². The van der Waals surface area contributed by atoms with Gasteiger partial charge in [-0.2, -0.15) is 5.10 Å². The Kier molecular flexibility index (Phi) is 5.82. The summed E-state index contributed by atoms with van der Waals surface area (Å²) in [4.78, 5) is 2.38. The first-order valence-corrected chi connectivity index (χ1v) is 8.16. The minimum atomic E-state index is 0.796. The van der Waals surface area contributed by atoms with Crippen molar-refractivity contribution in [3.05, 3.63) is 59.7 Å². The van der Waals surface area contributed by atoms with Gasteiger partial charge in [-0.15, -0.1) is 0 Å². The quantitative estimate of drug-likeness (QED) is 0.655. The van der Waals surface area contributed by atoms with E-state index in [1.807, 2.05) is 48.7 Å². The van der Waals surface area contributed by atoms with E-state index in [1.54, 1.807) is 7.11 Å². The number of hydrogen-bond acceptors (Lipinski definition) is 5. The van der Waals surface area contributed by atoms with Crippen LogP contribution in [0.5, 0.6) is 5.75 Å². The van der Waals surface area contributed by atoms with Crippen molar-refractivity contribution in [3.8, 4) is 5.75 Å². The van der Waals surface area contributed by atoms with Crippen molar-refractivity contribution in [2.75, 3.05) is 38.8 Å². The summed E-state index contributed by atoms with van der Waals surface area (Å²) in [5, 5.41) is 4.31.